The molecule has 29 heavy (non-hydrogen) atoms. The molecular formula is C20H40O8S. The van der Waals surface area contributed by atoms with Crippen molar-refractivity contribution in [1.29, 1.82) is 0 Å². The summed E-state index contributed by atoms with van der Waals surface area (Å²) in [4.78, 5) is 0. The molecule has 8 nitrogen and oxygen atoms in total. The van der Waals surface area contributed by atoms with Crippen molar-refractivity contribution in [2.45, 2.75) is 102 Å². The highest BCUT2D eigenvalue weighted by atomic mass is 32.3. The second-order valence-corrected chi connectivity index (χ2v) is 8.73. The normalized spacial score (nSPS) is 18.4. The molecule has 1 atom stereocenters. The Morgan fingerprint density at radius 2 is 1.34 bits per heavy atom. The van der Waals surface area contributed by atoms with Crippen molar-refractivity contribution in [2.75, 3.05) is 26.4 Å². The first kappa shape index (κ1) is 26.7. The molecule has 9 heteroatoms. The van der Waals surface area contributed by atoms with Crippen LogP contribution in [-0.4, -0.2) is 57.1 Å². The smallest absolute Gasteiger partial charge is 0.394 e. The van der Waals surface area contributed by atoms with Gasteiger partial charge in [-0.2, -0.15) is 16.8 Å². The van der Waals surface area contributed by atoms with Gasteiger partial charge < -0.3 is 19.7 Å². The average Bonchev–Trinajstić information content (AvgIpc) is 2.65. The second kappa shape index (κ2) is 15.5. The van der Waals surface area contributed by atoms with E-state index in [-0.39, 0.29) is 26.4 Å². The third-order valence-electron chi connectivity index (χ3n) is 4.95. The summed E-state index contributed by atoms with van der Waals surface area (Å²) < 4.78 is 41.8. The summed E-state index contributed by atoms with van der Waals surface area (Å²) in [6.45, 7) is 2.70. The molecule has 2 N–H and O–H groups in total. The van der Waals surface area contributed by atoms with Crippen LogP contribution in [0.3, 0.4) is 0 Å². The molecule has 1 unspecified atom stereocenters. The molecule has 0 radical (unpaired) electrons. The quantitative estimate of drug-likeness (QED) is 0.277. The zero-order chi connectivity index (χ0) is 21.4. The predicted molar refractivity (Wildman–Crippen MR) is 109 cm³/mol. The van der Waals surface area contributed by atoms with Crippen LogP contribution in [0.25, 0.3) is 0 Å². The Hall–Kier alpha value is -0.290. The van der Waals surface area contributed by atoms with Crippen molar-refractivity contribution in [3.05, 3.63) is 0 Å². The summed E-state index contributed by atoms with van der Waals surface area (Å²) in [5.41, 5.74) is 0. The van der Waals surface area contributed by atoms with Gasteiger partial charge in [0.2, 0.25) is 0 Å². The molecule has 1 aliphatic heterocycles. The standard InChI is InChI=1S/C20H40O8S/c1-2-3-4-5-6-7-8-9-10-11-12-13-14-19(26-18-17-25-16-15-21)20(22)27-29(23,24)28-20/h19,21-22H,2-18H2,1H3. The van der Waals surface area contributed by atoms with E-state index in [0.29, 0.717) is 6.42 Å². The molecule has 0 aromatic heterocycles. The zero-order valence-electron chi connectivity index (χ0n) is 17.9. The first-order chi connectivity index (χ1) is 13.9. The minimum atomic E-state index is -4.12. The Morgan fingerprint density at radius 1 is 0.828 bits per heavy atom. The van der Waals surface area contributed by atoms with Gasteiger partial charge in [0.1, 0.15) is 6.10 Å². The van der Waals surface area contributed by atoms with Crippen LogP contribution in [0.5, 0.6) is 0 Å². The molecule has 1 rings (SSSR count). The van der Waals surface area contributed by atoms with E-state index >= 15 is 0 Å². The molecule has 0 aromatic carbocycles. The highest BCUT2D eigenvalue weighted by molar-refractivity contribution is 7.82. The van der Waals surface area contributed by atoms with Crippen LogP contribution in [0.4, 0.5) is 0 Å². The number of hydrogen-bond donors (Lipinski definition) is 2. The van der Waals surface area contributed by atoms with Gasteiger partial charge in [0, 0.05) is 0 Å². The fourth-order valence-corrected chi connectivity index (χ4v) is 4.18. The Bertz CT molecular complexity index is 485. The van der Waals surface area contributed by atoms with E-state index in [1.807, 2.05) is 0 Å². The number of unbranched alkanes of at least 4 members (excludes halogenated alkanes) is 11. The van der Waals surface area contributed by atoms with E-state index < -0.39 is 22.5 Å². The molecule has 0 saturated carbocycles. The van der Waals surface area contributed by atoms with Gasteiger partial charge in [0.05, 0.1) is 26.4 Å². The SMILES string of the molecule is CCCCCCCCCCCCCCC(OCCOCCO)C1(O)OS(=O)(=O)O1. The lowest BCUT2D eigenvalue weighted by molar-refractivity contribution is -0.373. The number of aliphatic hydroxyl groups is 2. The Balaban J connectivity index is 2.12. The molecule has 0 aliphatic carbocycles. The predicted octanol–water partition coefficient (Wildman–Crippen LogP) is 3.41. The van der Waals surface area contributed by atoms with Gasteiger partial charge >= 0.3 is 16.4 Å². The summed E-state index contributed by atoms with van der Waals surface area (Å²) in [5, 5.41) is 18.8. The maximum absolute atomic E-state index is 11.1. The van der Waals surface area contributed by atoms with E-state index in [2.05, 4.69) is 15.3 Å². The topological polar surface area (TPSA) is 112 Å². The lowest BCUT2D eigenvalue weighted by atomic mass is 10.0. The monoisotopic (exact) mass is 440 g/mol. The number of rotatable bonds is 20. The molecule has 0 aromatic rings. The molecular weight excluding hydrogens is 400 g/mol. The van der Waals surface area contributed by atoms with E-state index in [9.17, 15) is 13.5 Å². The highest BCUT2D eigenvalue weighted by Gasteiger charge is 2.57. The van der Waals surface area contributed by atoms with Crippen LogP contribution in [0.15, 0.2) is 0 Å². The van der Waals surface area contributed by atoms with Crippen LogP contribution in [0.1, 0.15) is 90.4 Å². The first-order valence-corrected chi connectivity index (χ1v) is 12.5. The Morgan fingerprint density at radius 3 is 1.83 bits per heavy atom. The van der Waals surface area contributed by atoms with Crippen molar-refractivity contribution in [2.24, 2.45) is 0 Å². The van der Waals surface area contributed by atoms with Crippen LogP contribution < -0.4 is 0 Å². The molecule has 174 valence electrons. The highest BCUT2D eigenvalue weighted by Crippen LogP contribution is 2.35. The van der Waals surface area contributed by atoms with Gasteiger partial charge in [-0.05, 0) is 6.42 Å². The molecule has 0 bridgehead atoms. The molecule has 1 aliphatic rings. The Labute approximate surface area is 176 Å². The Kier molecular flexibility index (Phi) is 14.3. The van der Waals surface area contributed by atoms with Crippen molar-refractivity contribution >= 4 is 10.4 Å². The molecule has 1 saturated heterocycles. The van der Waals surface area contributed by atoms with Gasteiger partial charge in [-0.15, -0.1) is 0 Å². The van der Waals surface area contributed by atoms with E-state index in [1.165, 1.54) is 57.8 Å². The van der Waals surface area contributed by atoms with Gasteiger partial charge in [0.25, 0.3) is 0 Å². The number of ether oxygens (including phenoxy) is 2. The largest absolute Gasteiger partial charge is 0.409 e. The summed E-state index contributed by atoms with van der Waals surface area (Å²) in [6, 6.07) is 0. The van der Waals surface area contributed by atoms with Crippen molar-refractivity contribution in [3.63, 3.8) is 0 Å². The molecule has 1 fully saturated rings. The minimum Gasteiger partial charge on any atom is -0.394 e. The molecule has 0 spiro atoms. The van der Waals surface area contributed by atoms with Crippen LogP contribution in [-0.2, 0) is 28.2 Å². The van der Waals surface area contributed by atoms with E-state index in [0.717, 1.165) is 19.3 Å². The average molecular weight is 441 g/mol. The minimum absolute atomic E-state index is 0.0866. The number of hydrogen-bond acceptors (Lipinski definition) is 8. The number of aliphatic hydroxyl groups excluding tert-OH is 1. The van der Waals surface area contributed by atoms with Crippen LogP contribution in [0, 0.1) is 0 Å². The summed E-state index contributed by atoms with van der Waals surface area (Å²) in [7, 11) is -4.12. The van der Waals surface area contributed by atoms with Crippen molar-refractivity contribution in [1.82, 2.24) is 0 Å². The maximum atomic E-state index is 11.1. The van der Waals surface area contributed by atoms with E-state index in [1.54, 1.807) is 0 Å². The third-order valence-corrected chi connectivity index (χ3v) is 5.84. The summed E-state index contributed by atoms with van der Waals surface area (Å²) >= 11 is 0. The van der Waals surface area contributed by atoms with Crippen LogP contribution >= 0.6 is 0 Å². The van der Waals surface area contributed by atoms with Gasteiger partial charge in [-0.25, -0.2) is 0 Å². The van der Waals surface area contributed by atoms with Crippen LogP contribution in [0.2, 0.25) is 0 Å². The first-order valence-electron chi connectivity index (χ1n) is 11.1. The lowest BCUT2D eigenvalue weighted by Crippen LogP contribution is -2.59. The zero-order valence-corrected chi connectivity index (χ0v) is 18.7. The lowest BCUT2D eigenvalue weighted by Gasteiger charge is -2.39. The third kappa shape index (κ3) is 12.2. The molecule has 0 amide bonds. The molecule has 1 heterocycles. The fraction of sp³-hybridized carbons (Fsp3) is 1.00. The van der Waals surface area contributed by atoms with Gasteiger partial charge in [0.15, 0.2) is 0 Å². The van der Waals surface area contributed by atoms with E-state index in [4.69, 9.17) is 14.6 Å². The van der Waals surface area contributed by atoms with Gasteiger partial charge in [-0.3, -0.25) is 0 Å². The van der Waals surface area contributed by atoms with Crippen molar-refractivity contribution < 1.29 is 36.5 Å². The fourth-order valence-electron chi connectivity index (χ4n) is 3.36. The summed E-state index contributed by atoms with van der Waals surface area (Å²) in [6.07, 6.45) is 14.0. The van der Waals surface area contributed by atoms with Gasteiger partial charge in [-0.1, -0.05) is 84.0 Å². The second-order valence-electron chi connectivity index (χ2n) is 7.58. The maximum Gasteiger partial charge on any atom is 0.409 e. The summed E-state index contributed by atoms with van der Waals surface area (Å²) in [5.74, 6) is -2.26. The van der Waals surface area contributed by atoms with Crippen molar-refractivity contribution in [3.8, 4) is 0 Å².